The summed E-state index contributed by atoms with van der Waals surface area (Å²) in [7, 11) is 0. The molecule has 0 atom stereocenters. The third-order valence-corrected chi connectivity index (χ3v) is 9.78. The lowest BCUT2D eigenvalue weighted by atomic mass is 9.79. The fraction of sp³-hybridized carbons (Fsp3) is 0.306. The van der Waals surface area contributed by atoms with Gasteiger partial charge >= 0.3 is 0 Å². The lowest BCUT2D eigenvalue weighted by molar-refractivity contribution is -0.109. The molecular formula is C36H35N3O4. The second kappa shape index (κ2) is 9.59. The number of anilines is 3. The minimum Gasteiger partial charge on any atom is -0.506 e. The third-order valence-electron chi connectivity index (χ3n) is 9.78. The van der Waals surface area contributed by atoms with Crippen LogP contribution in [0.3, 0.4) is 0 Å². The highest BCUT2D eigenvalue weighted by atomic mass is 16.5. The van der Waals surface area contributed by atoms with Crippen molar-refractivity contribution in [2.45, 2.75) is 43.8 Å². The zero-order chi connectivity index (χ0) is 29.3. The van der Waals surface area contributed by atoms with E-state index in [1.54, 1.807) is 0 Å². The van der Waals surface area contributed by atoms with Crippen molar-refractivity contribution >= 4 is 62.1 Å². The third kappa shape index (κ3) is 4.06. The van der Waals surface area contributed by atoms with Gasteiger partial charge in [0.05, 0.1) is 30.0 Å². The van der Waals surface area contributed by atoms with Crippen LogP contribution in [-0.2, 0) is 14.3 Å². The molecule has 4 aromatic carbocycles. The van der Waals surface area contributed by atoms with Crippen molar-refractivity contribution in [2.24, 2.45) is 0 Å². The van der Waals surface area contributed by atoms with Gasteiger partial charge in [0.25, 0.3) is 0 Å². The minimum absolute atomic E-state index is 0.0190. The molecule has 0 unspecified atom stereocenters. The Morgan fingerprint density at radius 3 is 2.23 bits per heavy atom. The van der Waals surface area contributed by atoms with Crippen molar-refractivity contribution in [3.05, 3.63) is 82.4 Å². The van der Waals surface area contributed by atoms with E-state index in [2.05, 4.69) is 53.7 Å². The summed E-state index contributed by atoms with van der Waals surface area (Å²) in [6.45, 7) is 9.41. The first kappa shape index (κ1) is 26.3. The Morgan fingerprint density at radius 2 is 1.49 bits per heavy atom. The number of Topliss-reactive ketones (excluding diaryl/α,β-unsaturated/α-hetero) is 1. The second-order valence-electron chi connectivity index (χ2n) is 12.6. The SMILES string of the molecule is C=c1/c(=C2\C(=O)C(c3ccc4cccc5c4c3NC3(CCOCC3)N5)=C2O)ccc2cccc(NC3(C)CCOCC3)c12. The highest BCUT2D eigenvalue weighted by Crippen LogP contribution is 2.48. The molecule has 0 radical (unpaired) electrons. The highest BCUT2D eigenvalue weighted by Gasteiger charge is 2.41. The zero-order valence-corrected chi connectivity index (χ0v) is 24.3. The van der Waals surface area contributed by atoms with Crippen LogP contribution in [0.25, 0.3) is 39.3 Å². The largest absolute Gasteiger partial charge is 0.506 e. The smallest absolute Gasteiger partial charge is 0.201 e. The Labute approximate surface area is 249 Å². The lowest BCUT2D eigenvalue weighted by Gasteiger charge is -2.44. The maximum atomic E-state index is 14.0. The van der Waals surface area contributed by atoms with Crippen molar-refractivity contribution in [1.82, 2.24) is 0 Å². The maximum Gasteiger partial charge on any atom is 0.201 e. The monoisotopic (exact) mass is 573 g/mol. The van der Waals surface area contributed by atoms with Gasteiger partial charge in [-0.3, -0.25) is 4.79 Å². The summed E-state index contributed by atoms with van der Waals surface area (Å²) in [4.78, 5) is 14.0. The quantitative estimate of drug-likeness (QED) is 0.260. The molecule has 4 aliphatic rings. The van der Waals surface area contributed by atoms with Crippen LogP contribution in [-0.4, -0.2) is 48.5 Å². The molecule has 0 aromatic heterocycles. The average Bonchev–Trinajstić information content (AvgIpc) is 3.00. The second-order valence-corrected chi connectivity index (χ2v) is 12.6. The van der Waals surface area contributed by atoms with Crippen LogP contribution in [0.4, 0.5) is 17.1 Å². The van der Waals surface area contributed by atoms with Gasteiger partial charge in [0.1, 0.15) is 11.4 Å². The van der Waals surface area contributed by atoms with Gasteiger partial charge in [-0.1, -0.05) is 55.1 Å². The average molecular weight is 574 g/mol. The highest BCUT2D eigenvalue weighted by molar-refractivity contribution is 6.52. The molecule has 1 aliphatic carbocycles. The fourth-order valence-electron chi connectivity index (χ4n) is 7.29. The van der Waals surface area contributed by atoms with Crippen LogP contribution in [0, 0.1) is 0 Å². The Morgan fingerprint density at radius 1 is 0.814 bits per heavy atom. The molecule has 3 heterocycles. The molecule has 4 N–H and O–H groups in total. The van der Waals surface area contributed by atoms with E-state index in [0.29, 0.717) is 29.6 Å². The number of rotatable bonds is 3. The predicted octanol–water partition coefficient (Wildman–Crippen LogP) is 5.43. The summed E-state index contributed by atoms with van der Waals surface area (Å²) >= 11 is 0. The summed E-state index contributed by atoms with van der Waals surface area (Å²) < 4.78 is 11.3. The molecule has 0 bridgehead atoms. The first-order valence-electron chi connectivity index (χ1n) is 15.2. The van der Waals surface area contributed by atoms with Gasteiger partial charge in [-0.05, 0) is 53.1 Å². The number of hydrogen-bond acceptors (Lipinski definition) is 7. The van der Waals surface area contributed by atoms with Gasteiger partial charge in [-0.25, -0.2) is 0 Å². The van der Waals surface area contributed by atoms with Crippen molar-refractivity contribution in [2.75, 3.05) is 42.4 Å². The van der Waals surface area contributed by atoms with E-state index in [0.717, 1.165) is 88.3 Å². The van der Waals surface area contributed by atoms with Gasteiger partial charge in [0.2, 0.25) is 5.78 Å². The molecule has 4 aromatic rings. The number of benzene rings is 4. The number of aliphatic hydroxyl groups is 1. The van der Waals surface area contributed by atoms with E-state index in [-0.39, 0.29) is 22.7 Å². The molecule has 1 spiro atoms. The van der Waals surface area contributed by atoms with Crippen molar-refractivity contribution < 1.29 is 19.4 Å². The van der Waals surface area contributed by atoms with E-state index >= 15 is 0 Å². The Kier molecular flexibility index (Phi) is 5.87. The molecule has 8 rings (SSSR count). The van der Waals surface area contributed by atoms with Crippen molar-refractivity contribution in [1.29, 1.82) is 0 Å². The number of nitrogens with one attached hydrogen (secondary N) is 3. The lowest BCUT2D eigenvalue weighted by Crippen LogP contribution is -2.52. The number of hydrogen-bond donors (Lipinski definition) is 4. The molecule has 218 valence electrons. The number of aliphatic hydroxyl groups excluding tert-OH is 1. The number of carbonyl (C=O) groups excluding carboxylic acids is 1. The van der Waals surface area contributed by atoms with Crippen molar-refractivity contribution in [3.63, 3.8) is 0 Å². The topological polar surface area (TPSA) is 91.9 Å². The first-order chi connectivity index (χ1) is 20.9. The summed E-state index contributed by atoms with van der Waals surface area (Å²) in [6.07, 6.45) is 3.40. The van der Waals surface area contributed by atoms with Gasteiger partial charge in [-0.15, -0.1) is 0 Å². The number of carbonyl (C=O) groups is 1. The van der Waals surface area contributed by atoms with Gasteiger partial charge in [0, 0.05) is 59.3 Å². The standard InChI is InChI=1S/C36H35N3O4/c1-21-24(11-9-22-5-3-7-26(28(21)22)37-35(2)13-17-42-18-14-35)30-33(40)31(34(30)41)25-12-10-23-6-4-8-27-29(23)32(25)39-36(38-27)15-19-43-20-16-36/h3-12,37-40H,1,13-20H2,2H3/b30-24-. The van der Waals surface area contributed by atoms with E-state index in [9.17, 15) is 9.90 Å². The van der Waals surface area contributed by atoms with Crippen molar-refractivity contribution in [3.8, 4) is 0 Å². The number of allylic oxidation sites excluding steroid dienone is 2. The number of ether oxygens (including phenoxy) is 2. The van der Waals surface area contributed by atoms with E-state index < -0.39 is 0 Å². The molecular weight excluding hydrogens is 538 g/mol. The normalized spacial score (nSPS) is 21.8. The van der Waals surface area contributed by atoms with Gasteiger partial charge < -0.3 is 30.5 Å². The molecule has 2 saturated heterocycles. The van der Waals surface area contributed by atoms with Gasteiger partial charge in [0.15, 0.2) is 0 Å². The summed E-state index contributed by atoms with van der Waals surface area (Å²) in [6, 6.07) is 20.3. The molecule has 2 fully saturated rings. The number of ketones is 1. The summed E-state index contributed by atoms with van der Waals surface area (Å²) in [5.74, 6) is -0.149. The minimum atomic E-state index is -0.367. The van der Waals surface area contributed by atoms with E-state index in [4.69, 9.17) is 9.47 Å². The molecule has 0 amide bonds. The number of fused-ring (bicyclic) bond motifs is 1. The molecule has 3 aliphatic heterocycles. The summed E-state index contributed by atoms with van der Waals surface area (Å²) in [5.41, 5.74) is 3.82. The molecule has 7 heteroatoms. The maximum absolute atomic E-state index is 14.0. The Hall–Kier alpha value is -4.33. The molecule has 43 heavy (non-hydrogen) atoms. The molecule has 7 nitrogen and oxygen atoms in total. The van der Waals surface area contributed by atoms with Gasteiger partial charge in [-0.2, -0.15) is 0 Å². The Balaban J connectivity index is 1.27. The van der Waals surface area contributed by atoms with Crippen LogP contribution >= 0.6 is 0 Å². The van der Waals surface area contributed by atoms with Crippen LogP contribution in [0.2, 0.25) is 0 Å². The zero-order valence-electron chi connectivity index (χ0n) is 24.3. The fourth-order valence-corrected chi connectivity index (χ4v) is 7.29. The van der Waals surface area contributed by atoms with E-state index in [1.165, 1.54) is 0 Å². The van der Waals surface area contributed by atoms with Crippen LogP contribution in [0.15, 0.2) is 66.4 Å². The van der Waals surface area contributed by atoms with Crippen LogP contribution in [0.5, 0.6) is 0 Å². The first-order valence-corrected chi connectivity index (χ1v) is 15.2. The van der Waals surface area contributed by atoms with E-state index in [1.807, 2.05) is 36.4 Å². The van der Waals surface area contributed by atoms with Crippen LogP contribution < -0.4 is 26.4 Å². The molecule has 0 saturated carbocycles. The Bertz CT molecular complexity index is 1980. The predicted molar refractivity (Wildman–Crippen MR) is 173 cm³/mol. The summed E-state index contributed by atoms with van der Waals surface area (Å²) in [5, 5.41) is 28.3. The van der Waals surface area contributed by atoms with Crippen LogP contribution in [0.1, 0.15) is 38.2 Å².